The minimum Gasteiger partial charge on any atom is -0.465 e. The van der Waals surface area contributed by atoms with Gasteiger partial charge in [0.1, 0.15) is 6.61 Å². The summed E-state index contributed by atoms with van der Waals surface area (Å²) in [4.78, 5) is 21.0. The maximum Gasteiger partial charge on any atom is 0.308 e. The first kappa shape index (κ1) is 20.2. The van der Waals surface area contributed by atoms with Crippen LogP contribution < -0.4 is 0 Å². The van der Waals surface area contributed by atoms with Crippen molar-refractivity contribution in [1.82, 2.24) is 0 Å². The Kier molecular flexibility index (Phi) is 14.2. The molecule has 114 valence electrons. The van der Waals surface area contributed by atoms with Gasteiger partial charge in [0.25, 0.3) is 0 Å². The third-order valence-electron chi connectivity index (χ3n) is 1.77. The summed E-state index contributed by atoms with van der Waals surface area (Å²) in [5, 5.41) is 0. The largest absolute Gasteiger partial charge is 0.465 e. The van der Waals surface area contributed by atoms with E-state index in [9.17, 15) is 9.59 Å². The number of rotatable bonds is 7. The summed E-state index contributed by atoms with van der Waals surface area (Å²) >= 11 is 0. The number of hydrogen-bond donors (Lipinski definition) is 0. The molecule has 0 rings (SSSR count). The molecule has 0 aromatic rings. The maximum atomic E-state index is 10.8. The molecule has 0 aromatic heterocycles. The topological polar surface area (TPSA) is 61.8 Å². The van der Waals surface area contributed by atoms with Gasteiger partial charge < -0.3 is 14.2 Å². The van der Waals surface area contributed by atoms with Gasteiger partial charge in [0.05, 0.1) is 19.1 Å². The van der Waals surface area contributed by atoms with Gasteiger partial charge >= 0.3 is 11.9 Å². The molecular weight excluding hydrogens is 248 g/mol. The van der Waals surface area contributed by atoms with Gasteiger partial charge in [0.15, 0.2) is 0 Å². The Hall–Kier alpha value is -1.10. The van der Waals surface area contributed by atoms with Crippen molar-refractivity contribution in [3.8, 4) is 0 Å². The van der Waals surface area contributed by atoms with Gasteiger partial charge in [0, 0.05) is 13.5 Å². The van der Waals surface area contributed by atoms with E-state index < -0.39 is 0 Å². The van der Waals surface area contributed by atoms with Gasteiger partial charge in [-0.25, -0.2) is 0 Å². The quantitative estimate of drug-likeness (QED) is 0.528. The van der Waals surface area contributed by atoms with E-state index in [1.165, 1.54) is 6.92 Å². The third kappa shape index (κ3) is 19.4. The SMILES string of the molecule is CC(C)COC(=O)C(C)C.CCOCCOC(C)=O. The minimum atomic E-state index is -0.255. The highest BCUT2D eigenvalue weighted by molar-refractivity contribution is 5.71. The van der Waals surface area contributed by atoms with Crippen molar-refractivity contribution < 1.29 is 23.8 Å². The minimum absolute atomic E-state index is 0.00116. The molecule has 0 aliphatic heterocycles. The van der Waals surface area contributed by atoms with Crippen LogP contribution in [0.25, 0.3) is 0 Å². The second-order valence-electron chi connectivity index (χ2n) is 4.72. The highest BCUT2D eigenvalue weighted by atomic mass is 16.6. The van der Waals surface area contributed by atoms with E-state index in [4.69, 9.17) is 9.47 Å². The molecule has 0 fully saturated rings. The summed E-state index contributed by atoms with van der Waals surface area (Å²) in [6.07, 6.45) is 0. The van der Waals surface area contributed by atoms with Crippen LogP contribution in [-0.2, 0) is 23.8 Å². The fraction of sp³-hybridized carbons (Fsp3) is 0.857. The highest BCUT2D eigenvalue weighted by Gasteiger charge is 2.07. The molecule has 0 atom stereocenters. The van der Waals surface area contributed by atoms with Crippen molar-refractivity contribution in [3.63, 3.8) is 0 Å². The third-order valence-corrected chi connectivity index (χ3v) is 1.77. The normalized spacial score (nSPS) is 9.89. The van der Waals surface area contributed by atoms with E-state index in [0.29, 0.717) is 32.3 Å². The second kappa shape index (κ2) is 13.3. The zero-order valence-corrected chi connectivity index (χ0v) is 13.0. The Balaban J connectivity index is 0. The van der Waals surface area contributed by atoms with Crippen molar-refractivity contribution in [1.29, 1.82) is 0 Å². The Morgan fingerprint density at radius 1 is 1.00 bits per heavy atom. The van der Waals surface area contributed by atoms with Crippen LogP contribution in [0.15, 0.2) is 0 Å². The molecule has 0 radical (unpaired) electrons. The predicted octanol–water partition coefficient (Wildman–Crippen LogP) is 2.43. The lowest BCUT2D eigenvalue weighted by Gasteiger charge is -2.08. The zero-order valence-electron chi connectivity index (χ0n) is 13.0. The first-order valence-corrected chi connectivity index (χ1v) is 6.68. The highest BCUT2D eigenvalue weighted by Crippen LogP contribution is 1.99. The monoisotopic (exact) mass is 276 g/mol. The summed E-state index contributed by atoms with van der Waals surface area (Å²) in [6, 6.07) is 0. The molecule has 0 bridgehead atoms. The first-order valence-electron chi connectivity index (χ1n) is 6.68. The lowest BCUT2D eigenvalue weighted by molar-refractivity contribution is -0.148. The average Bonchev–Trinajstić information content (AvgIpc) is 2.32. The van der Waals surface area contributed by atoms with Crippen LogP contribution in [0.3, 0.4) is 0 Å². The van der Waals surface area contributed by atoms with Crippen LogP contribution in [0.2, 0.25) is 0 Å². The van der Waals surface area contributed by atoms with E-state index in [0.717, 1.165) is 0 Å². The molecule has 5 nitrogen and oxygen atoms in total. The number of carbonyl (C=O) groups excluding carboxylic acids is 2. The molecule has 0 heterocycles. The molecule has 19 heavy (non-hydrogen) atoms. The van der Waals surface area contributed by atoms with Crippen molar-refractivity contribution in [2.45, 2.75) is 41.5 Å². The van der Waals surface area contributed by atoms with Crippen molar-refractivity contribution in [3.05, 3.63) is 0 Å². The van der Waals surface area contributed by atoms with Gasteiger partial charge in [-0.2, -0.15) is 0 Å². The van der Waals surface area contributed by atoms with Crippen LogP contribution >= 0.6 is 0 Å². The summed E-state index contributed by atoms with van der Waals surface area (Å²) in [5.74, 6) is 0.0739. The van der Waals surface area contributed by atoms with Crippen LogP contribution in [0, 0.1) is 11.8 Å². The van der Waals surface area contributed by atoms with Crippen LogP contribution in [0.5, 0.6) is 0 Å². The van der Waals surface area contributed by atoms with Gasteiger partial charge in [-0.05, 0) is 12.8 Å². The lowest BCUT2D eigenvalue weighted by atomic mass is 10.2. The molecule has 0 saturated carbocycles. The molecular formula is C14H28O5. The molecule has 5 heteroatoms. The van der Waals surface area contributed by atoms with E-state index in [2.05, 4.69) is 4.74 Å². The predicted molar refractivity (Wildman–Crippen MR) is 73.8 cm³/mol. The zero-order chi connectivity index (χ0) is 15.3. The Bertz CT molecular complexity index is 236. The Morgan fingerprint density at radius 3 is 1.95 bits per heavy atom. The van der Waals surface area contributed by atoms with Crippen molar-refractivity contribution in [2.24, 2.45) is 11.8 Å². The van der Waals surface area contributed by atoms with E-state index in [-0.39, 0.29) is 17.9 Å². The molecule has 0 unspecified atom stereocenters. The summed E-state index contributed by atoms with van der Waals surface area (Å²) in [7, 11) is 0. The maximum absolute atomic E-state index is 10.8. The molecule has 0 aliphatic carbocycles. The summed E-state index contributed by atoms with van der Waals surface area (Å²) < 4.78 is 14.4. The van der Waals surface area contributed by atoms with Gasteiger partial charge in [-0.15, -0.1) is 0 Å². The molecule has 0 amide bonds. The first-order chi connectivity index (χ1) is 8.81. The van der Waals surface area contributed by atoms with Gasteiger partial charge in [0.2, 0.25) is 0 Å². The average molecular weight is 276 g/mol. The second-order valence-corrected chi connectivity index (χ2v) is 4.72. The molecule has 0 saturated heterocycles. The van der Waals surface area contributed by atoms with Crippen molar-refractivity contribution in [2.75, 3.05) is 26.4 Å². The molecule has 0 aromatic carbocycles. The Morgan fingerprint density at radius 2 is 1.58 bits per heavy atom. The van der Waals surface area contributed by atoms with Crippen LogP contribution in [0.1, 0.15) is 41.5 Å². The number of ether oxygens (including phenoxy) is 3. The summed E-state index contributed by atoms with van der Waals surface area (Å²) in [5.41, 5.74) is 0. The molecule has 0 aliphatic rings. The smallest absolute Gasteiger partial charge is 0.308 e. The molecule has 0 spiro atoms. The Labute approximate surface area is 116 Å². The van der Waals surface area contributed by atoms with Crippen LogP contribution in [0.4, 0.5) is 0 Å². The van der Waals surface area contributed by atoms with E-state index in [1.54, 1.807) is 0 Å². The molecule has 0 N–H and O–H groups in total. The van der Waals surface area contributed by atoms with Crippen LogP contribution in [-0.4, -0.2) is 38.4 Å². The standard InChI is InChI=1S/C8H16O2.C6H12O3/c1-6(2)5-10-8(9)7(3)4;1-3-8-4-5-9-6(2)7/h6-7H,5H2,1-4H3;3-5H2,1-2H3. The number of esters is 2. The number of carbonyl (C=O) groups is 2. The number of hydrogen-bond acceptors (Lipinski definition) is 5. The van der Waals surface area contributed by atoms with Gasteiger partial charge in [-0.3, -0.25) is 9.59 Å². The fourth-order valence-electron chi connectivity index (χ4n) is 0.804. The van der Waals surface area contributed by atoms with E-state index >= 15 is 0 Å². The van der Waals surface area contributed by atoms with Gasteiger partial charge in [-0.1, -0.05) is 27.7 Å². The lowest BCUT2D eigenvalue weighted by Crippen LogP contribution is -2.14. The fourth-order valence-corrected chi connectivity index (χ4v) is 0.804. The van der Waals surface area contributed by atoms with Crippen molar-refractivity contribution >= 4 is 11.9 Å². The van der Waals surface area contributed by atoms with E-state index in [1.807, 2.05) is 34.6 Å². The summed E-state index contributed by atoms with van der Waals surface area (Å²) in [6.45, 7) is 13.1.